The summed E-state index contributed by atoms with van der Waals surface area (Å²) in [5.41, 5.74) is 0.824. The van der Waals surface area contributed by atoms with Gasteiger partial charge in [-0.25, -0.2) is 0 Å². The van der Waals surface area contributed by atoms with E-state index in [1.54, 1.807) is 12.1 Å². The van der Waals surface area contributed by atoms with E-state index < -0.39 is 0 Å². The van der Waals surface area contributed by atoms with Crippen molar-refractivity contribution in [3.05, 3.63) is 35.2 Å². The highest BCUT2D eigenvalue weighted by molar-refractivity contribution is 6.30. The number of rotatable bonds is 4. The van der Waals surface area contributed by atoms with Crippen molar-refractivity contribution in [3.63, 3.8) is 0 Å². The smallest absolute Gasteiger partial charge is 0.228 e. The van der Waals surface area contributed by atoms with Crippen molar-refractivity contribution in [2.75, 3.05) is 13.1 Å². The van der Waals surface area contributed by atoms with Gasteiger partial charge in [0.05, 0.1) is 0 Å². The highest BCUT2D eigenvalue weighted by Gasteiger charge is 2.20. The summed E-state index contributed by atoms with van der Waals surface area (Å²) in [4.78, 5) is 17.7. The van der Waals surface area contributed by atoms with Crippen LogP contribution in [0.4, 0.5) is 0 Å². The predicted octanol–water partition coefficient (Wildman–Crippen LogP) is 2.55. The monoisotopic (exact) mass is 291 g/mol. The number of hydrogen-bond acceptors (Lipinski definition) is 4. The van der Waals surface area contributed by atoms with Crippen LogP contribution in [0.3, 0.4) is 0 Å². The van der Waals surface area contributed by atoms with E-state index in [-0.39, 0.29) is 5.91 Å². The molecule has 0 spiro atoms. The molecule has 2 aromatic rings. The van der Waals surface area contributed by atoms with E-state index in [1.165, 1.54) is 0 Å². The maximum absolute atomic E-state index is 11.5. The molecule has 1 aromatic heterocycles. The SMILES string of the molecule is O=C1CCCN1CCc1nc(-c2cccc(Cl)c2)no1. The van der Waals surface area contributed by atoms with Crippen LogP contribution in [0.25, 0.3) is 11.4 Å². The number of carbonyl (C=O) groups is 1. The minimum atomic E-state index is 0.208. The van der Waals surface area contributed by atoms with Crippen LogP contribution in [0.5, 0.6) is 0 Å². The van der Waals surface area contributed by atoms with Crippen molar-refractivity contribution < 1.29 is 9.32 Å². The fourth-order valence-corrected chi connectivity index (χ4v) is 2.46. The number of nitrogens with zero attached hydrogens (tertiary/aromatic N) is 3. The molecule has 0 radical (unpaired) electrons. The topological polar surface area (TPSA) is 59.2 Å². The molecule has 20 heavy (non-hydrogen) atoms. The summed E-state index contributed by atoms with van der Waals surface area (Å²) >= 11 is 5.93. The highest BCUT2D eigenvalue weighted by atomic mass is 35.5. The minimum absolute atomic E-state index is 0.208. The van der Waals surface area contributed by atoms with Gasteiger partial charge in [0.25, 0.3) is 0 Å². The Balaban J connectivity index is 1.66. The third-order valence-electron chi connectivity index (χ3n) is 3.32. The first-order valence-corrected chi connectivity index (χ1v) is 6.96. The maximum atomic E-state index is 11.5. The molecule has 0 N–H and O–H groups in total. The van der Waals surface area contributed by atoms with Gasteiger partial charge < -0.3 is 9.42 Å². The second kappa shape index (κ2) is 5.63. The standard InChI is InChI=1S/C14H14ClN3O2/c15-11-4-1-3-10(9-11)14-16-12(20-17-14)6-8-18-7-2-5-13(18)19/h1,3-4,9H,2,5-8H2. The predicted molar refractivity (Wildman–Crippen MR) is 74.3 cm³/mol. The molecule has 0 aliphatic carbocycles. The van der Waals surface area contributed by atoms with Crippen LogP contribution in [0, 0.1) is 0 Å². The zero-order valence-corrected chi connectivity index (χ0v) is 11.6. The molecule has 1 amide bonds. The first kappa shape index (κ1) is 13.1. The Bertz CT molecular complexity index is 626. The molecule has 0 saturated carbocycles. The van der Waals surface area contributed by atoms with Crippen molar-refractivity contribution in [2.45, 2.75) is 19.3 Å². The lowest BCUT2D eigenvalue weighted by Crippen LogP contribution is -2.26. The van der Waals surface area contributed by atoms with E-state index in [0.29, 0.717) is 36.1 Å². The fraction of sp³-hybridized carbons (Fsp3) is 0.357. The third kappa shape index (κ3) is 2.82. The summed E-state index contributed by atoms with van der Waals surface area (Å²) in [5.74, 6) is 1.27. The van der Waals surface area contributed by atoms with Gasteiger partial charge in [-0.05, 0) is 18.6 Å². The Morgan fingerprint density at radius 3 is 3.05 bits per heavy atom. The van der Waals surface area contributed by atoms with E-state index in [0.717, 1.165) is 18.5 Å². The number of halogens is 1. The van der Waals surface area contributed by atoms with Crippen LogP contribution in [-0.4, -0.2) is 34.0 Å². The molecule has 5 nitrogen and oxygen atoms in total. The Kier molecular flexibility index (Phi) is 3.69. The summed E-state index contributed by atoms with van der Waals surface area (Å²) in [6.07, 6.45) is 2.17. The van der Waals surface area contributed by atoms with Crippen LogP contribution in [0.2, 0.25) is 5.02 Å². The third-order valence-corrected chi connectivity index (χ3v) is 3.55. The molecule has 1 saturated heterocycles. The first-order valence-electron chi connectivity index (χ1n) is 6.59. The van der Waals surface area contributed by atoms with Gasteiger partial charge in [0.1, 0.15) is 0 Å². The van der Waals surface area contributed by atoms with Crippen LogP contribution >= 0.6 is 11.6 Å². The number of likely N-dealkylation sites (tertiary alicyclic amines) is 1. The van der Waals surface area contributed by atoms with E-state index in [4.69, 9.17) is 16.1 Å². The molecule has 1 fully saturated rings. The van der Waals surface area contributed by atoms with Crippen molar-refractivity contribution in [3.8, 4) is 11.4 Å². The summed E-state index contributed by atoms with van der Waals surface area (Å²) in [6, 6.07) is 7.31. The number of carbonyl (C=O) groups excluding carboxylic acids is 1. The summed E-state index contributed by atoms with van der Waals surface area (Å²) < 4.78 is 5.21. The van der Waals surface area contributed by atoms with Gasteiger partial charge in [-0.1, -0.05) is 28.9 Å². The van der Waals surface area contributed by atoms with Gasteiger partial charge in [-0.3, -0.25) is 4.79 Å². The summed E-state index contributed by atoms with van der Waals surface area (Å²) in [5, 5.41) is 4.58. The lowest BCUT2D eigenvalue weighted by atomic mass is 10.2. The Morgan fingerprint density at radius 1 is 1.40 bits per heavy atom. The minimum Gasteiger partial charge on any atom is -0.342 e. The van der Waals surface area contributed by atoms with Crippen molar-refractivity contribution in [1.82, 2.24) is 15.0 Å². The second-order valence-electron chi connectivity index (χ2n) is 4.76. The Morgan fingerprint density at radius 2 is 2.30 bits per heavy atom. The molecule has 1 aromatic carbocycles. The molecule has 2 heterocycles. The summed E-state index contributed by atoms with van der Waals surface area (Å²) in [6.45, 7) is 1.46. The van der Waals surface area contributed by atoms with Gasteiger partial charge in [0.15, 0.2) is 0 Å². The van der Waals surface area contributed by atoms with E-state index >= 15 is 0 Å². The molecule has 6 heteroatoms. The first-order chi connectivity index (χ1) is 9.72. The zero-order valence-electron chi connectivity index (χ0n) is 10.9. The average Bonchev–Trinajstić information content (AvgIpc) is 3.05. The molecule has 1 aliphatic rings. The van der Waals surface area contributed by atoms with E-state index in [2.05, 4.69) is 10.1 Å². The summed E-state index contributed by atoms with van der Waals surface area (Å²) in [7, 11) is 0. The normalized spacial score (nSPS) is 15.1. The average molecular weight is 292 g/mol. The zero-order chi connectivity index (χ0) is 13.9. The number of benzene rings is 1. The van der Waals surface area contributed by atoms with Gasteiger partial charge in [-0.15, -0.1) is 0 Å². The van der Waals surface area contributed by atoms with E-state index in [1.807, 2.05) is 17.0 Å². The molecule has 104 valence electrons. The van der Waals surface area contributed by atoms with E-state index in [9.17, 15) is 4.79 Å². The second-order valence-corrected chi connectivity index (χ2v) is 5.19. The Labute approximate surface area is 121 Å². The lowest BCUT2D eigenvalue weighted by molar-refractivity contribution is -0.127. The van der Waals surface area contributed by atoms with Gasteiger partial charge >= 0.3 is 0 Å². The van der Waals surface area contributed by atoms with Gasteiger partial charge in [0, 0.05) is 36.5 Å². The van der Waals surface area contributed by atoms with Crippen molar-refractivity contribution >= 4 is 17.5 Å². The largest absolute Gasteiger partial charge is 0.342 e. The van der Waals surface area contributed by atoms with Crippen LogP contribution in [0.15, 0.2) is 28.8 Å². The fourth-order valence-electron chi connectivity index (χ4n) is 2.27. The molecule has 0 unspecified atom stereocenters. The number of aromatic nitrogens is 2. The van der Waals surface area contributed by atoms with Crippen molar-refractivity contribution in [1.29, 1.82) is 0 Å². The molecule has 3 rings (SSSR count). The number of amides is 1. The molecular formula is C14H14ClN3O2. The van der Waals surface area contributed by atoms with Crippen molar-refractivity contribution in [2.24, 2.45) is 0 Å². The highest BCUT2D eigenvalue weighted by Crippen LogP contribution is 2.20. The lowest BCUT2D eigenvalue weighted by Gasteiger charge is -2.13. The van der Waals surface area contributed by atoms with Gasteiger partial charge in [-0.2, -0.15) is 4.98 Å². The molecule has 1 aliphatic heterocycles. The molecule has 0 atom stereocenters. The van der Waals surface area contributed by atoms with Crippen LogP contribution in [0.1, 0.15) is 18.7 Å². The molecular weight excluding hydrogens is 278 g/mol. The quantitative estimate of drug-likeness (QED) is 0.868. The maximum Gasteiger partial charge on any atom is 0.228 e. The number of hydrogen-bond donors (Lipinski definition) is 0. The molecule has 0 bridgehead atoms. The van der Waals surface area contributed by atoms with Crippen LogP contribution in [-0.2, 0) is 11.2 Å². The Hall–Kier alpha value is -1.88. The van der Waals surface area contributed by atoms with Crippen LogP contribution < -0.4 is 0 Å². The van der Waals surface area contributed by atoms with Gasteiger partial charge in [0.2, 0.25) is 17.6 Å².